The predicted molar refractivity (Wildman–Crippen MR) is 147 cm³/mol. The van der Waals surface area contributed by atoms with Crippen LogP contribution in [0.15, 0.2) is 59.1 Å². The Kier molecular flexibility index (Phi) is 7.37. The Morgan fingerprint density at radius 2 is 1.62 bits per heavy atom. The minimum absolute atomic E-state index is 0.0262. The van der Waals surface area contributed by atoms with Crippen molar-refractivity contribution in [2.24, 2.45) is 0 Å². The van der Waals surface area contributed by atoms with E-state index < -0.39 is 5.92 Å². The second-order valence-electron chi connectivity index (χ2n) is 9.50. The number of carbonyl (C=O) groups excluding carboxylic acids is 3. The molecule has 0 fully saturated rings. The summed E-state index contributed by atoms with van der Waals surface area (Å²) < 4.78 is 18.4. The third kappa shape index (κ3) is 5.16. The van der Waals surface area contributed by atoms with Gasteiger partial charge in [-0.2, -0.15) is 0 Å². The van der Waals surface area contributed by atoms with Crippen LogP contribution in [0.2, 0.25) is 0 Å². The number of aryl methyl sites for hydroxylation is 1. The molecule has 3 aliphatic rings. The Balaban J connectivity index is 1.45. The Labute approximate surface area is 229 Å². The van der Waals surface area contributed by atoms with Crippen LogP contribution in [-0.2, 0) is 19.1 Å². The van der Waals surface area contributed by atoms with Gasteiger partial charge in [-0.25, -0.2) is 0 Å². The molecule has 5 rings (SSSR count). The molecule has 1 heterocycles. The first-order valence-corrected chi connectivity index (χ1v) is 13.5. The molecular formula is C29H28INO6. The van der Waals surface area contributed by atoms with E-state index in [-0.39, 0.29) is 24.1 Å². The molecule has 192 valence electrons. The summed E-state index contributed by atoms with van der Waals surface area (Å²) >= 11 is 2.14. The van der Waals surface area contributed by atoms with Gasteiger partial charge in [0.1, 0.15) is 11.5 Å². The number of Topliss-reactive ketones (excluding diaryl/α,β-unsaturated/α-hetero) is 2. The Morgan fingerprint density at radius 3 is 2.22 bits per heavy atom. The van der Waals surface area contributed by atoms with E-state index >= 15 is 0 Å². The Hall–Kier alpha value is -3.14. The number of nitrogens with one attached hydrogen (secondary N) is 1. The average Bonchev–Trinajstić information content (AvgIpc) is 2.88. The largest absolute Gasteiger partial charge is 0.493 e. The van der Waals surface area contributed by atoms with E-state index in [1.54, 1.807) is 0 Å². The van der Waals surface area contributed by atoms with Crippen LogP contribution in [0.3, 0.4) is 0 Å². The van der Waals surface area contributed by atoms with Crippen LogP contribution in [0.5, 0.6) is 11.5 Å². The summed E-state index contributed by atoms with van der Waals surface area (Å²) in [6, 6.07) is 11.2. The fourth-order valence-corrected chi connectivity index (χ4v) is 5.95. The van der Waals surface area contributed by atoms with Crippen molar-refractivity contribution in [1.29, 1.82) is 0 Å². The second kappa shape index (κ2) is 10.7. The van der Waals surface area contributed by atoms with Crippen molar-refractivity contribution in [1.82, 2.24) is 0 Å². The molecule has 2 aromatic carbocycles. The molecule has 0 aromatic heterocycles. The monoisotopic (exact) mass is 613 g/mol. The van der Waals surface area contributed by atoms with Gasteiger partial charge >= 0.3 is 0 Å². The summed E-state index contributed by atoms with van der Waals surface area (Å²) in [4.78, 5) is 38.6. The van der Waals surface area contributed by atoms with Crippen molar-refractivity contribution >= 4 is 45.8 Å². The van der Waals surface area contributed by atoms with Crippen LogP contribution in [0.4, 0.5) is 5.69 Å². The third-order valence-electron chi connectivity index (χ3n) is 6.91. The zero-order valence-corrected chi connectivity index (χ0v) is 23.0. The number of halogens is 1. The first kappa shape index (κ1) is 25.5. The van der Waals surface area contributed by atoms with Crippen LogP contribution in [0.1, 0.15) is 55.6 Å². The first-order chi connectivity index (χ1) is 17.9. The highest BCUT2D eigenvalue weighted by Gasteiger charge is 2.42. The number of amides is 1. The SMILES string of the molecule is COc1cc(C2C3=C(CCCC3=O)OC3=C2C(=O)CCC3)cc(I)c1OCC(=O)Nc1ccc(C)cc1. The van der Waals surface area contributed by atoms with Crippen molar-refractivity contribution in [2.45, 2.75) is 51.4 Å². The van der Waals surface area contributed by atoms with Gasteiger partial charge in [0.25, 0.3) is 5.91 Å². The van der Waals surface area contributed by atoms with E-state index in [4.69, 9.17) is 14.2 Å². The molecule has 1 aliphatic heterocycles. The van der Waals surface area contributed by atoms with Gasteiger partial charge in [0.05, 0.1) is 10.7 Å². The summed E-state index contributed by atoms with van der Waals surface area (Å²) in [5.74, 6) is 1.53. The topological polar surface area (TPSA) is 90.9 Å². The highest BCUT2D eigenvalue weighted by atomic mass is 127. The van der Waals surface area contributed by atoms with Gasteiger partial charge < -0.3 is 19.5 Å². The zero-order valence-electron chi connectivity index (χ0n) is 20.8. The van der Waals surface area contributed by atoms with Gasteiger partial charge in [0, 0.05) is 48.4 Å². The minimum atomic E-state index is -0.486. The van der Waals surface area contributed by atoms with Crippen LogP contribution in [0.25, 0.3) is 0 Å². The Bertz CT molecular complexity index is 1300. The Morgan fingerprint density at radius 1 is 1.00 bits per heavy atom. The van der Waals surface area contributed by atoms with Crippen LogP contribution in [-0.4, -0.2) is 31.2 Å². The fraction of sp³-hybridized carbons (Fsp3) is 0.345. The number of anilines is 1. The smallest absolute Gasteiger partial charge is 0.262 e. The molecule has 0 saturated carbocycles. The number of ketones is 2. The number of allylic oxidation sites excluding steroid dienone is 4. The van der Waals surface area contributed by atoms with Crippen LogP contribution >= 0.6 is 22.6 Å². The van der Waals surface area contributed by atoms with Crippen molar-refractivity contribution in [2.75, 3.05) is 19.0 Å². The lowest BCUT2D eigenvalue weighted by Crippen LogP contribution is -2.30. The molecule has 37 heavy (non-hydrogen) atoms. The van der Waals surface area contributed by atoms with Gasteiger partial charge in [-0.3, -0.25) is 14.4 Å². The maximum absolute atomic E-state index is 13.1. The van der Waals surface area contributed by atoms with Crippen molar-refractivity contribution in [3.63, 3.8) is 0 Å². The molecule has 7 nitrogen and oxygen atoms in total. The van der Waals surface area contributed by atoms with Crippen molar-refractivity contribution in [3.05, 3.63) is 73.8 Å². The number of methoxy groups -OCH3 is 1. The molecular weight excluding hydrogens is 585 g/mol. The molecule has 0 spiro atoms. The summed E-state index contributed by atoms with van der Waals surface area (Å²) in [6.07, 6.45) is 3.77. The summed E-state index contributed by atoms with van der Waals surface area (Å²) in [5.41, 5.74) is 3.76. The van der Waals surface area contributed by atoms with Crippen molar-refractivity contribution < 1.29 is 28.6 Å². The van der Waals surface area contributed by atoms with Gasteiger partial charge in [-0.15, -0.1) is 0 Å². The molecule has 0 radical (unpaired) electrons. The standard InChI is InChI=1S/C29H28INO6/c1-16-9-11-18(12-10-16)31-25(34)15-36-29-19(30)13-17(14-24(29)35-2)26-27-20(32)5-3-7-22(27)37-23-8-4-6-21(33)28(23)26/h9-14,26H,3-8,15H2,1-2H3,(H,31,34). The molecule has 0 saturated heterocycles. The molecule has 8 heteroatoms. The molecule has 2 aliphatic carbocycles. The average molecular weight is 613 g/mol. The van der Waals surface area contributed by atoms with Gasteiger partial charge in [-0.1, -0.05) is 17.7 Å². The molecule has 0 unspecified atom stereocenters. The van der Waals surface area contributed by atoms with Crippen LogP contribution < -0.4 is 14.8 Å². The molecule has 0 bridgehead atoms. The molecule has 2 aromatic rings. The highest BCUT2D eigenvalue weighted by Crippen LogP contribution is 2.49. The molecule has 0 atom stereocenters. The van der Waals surface area contributed by atoms with Gasteiger partial charge in [-0.05, 0) is 72.2 Å². The third-order valence-corrected chi connectivity index (χ3v) is 7.71. The first-order valence-electron chi connectivity index (χ1n) is 12.4. The van der Waals surface area contributed by atoms with E-state index in [0.29, 0.717) is 65.5 Å². The number of ether oxygens (including phenoxy) is 3. The van der Waals surface area contributed by atoms with E-state index in [9.17, 15) is 14.4 Å². The minimum Gasteiger partial charge on any atom is -0.493 e. The lowest BCUT2D eigenvalue weighted by molar-refractivity contribution is -0.119. The predicted octanol–water partition coefficient (Wildman–Crippen LogP) is 5.75. The normalized spacial score (nSPS) is 17.7. The summed E-state index contributed by atoms with van der Waals surface area (Å²) in [6.45, 7) is 1.79. The van der Waals surface area contributed by atoms with Gasteiger partial charge in [0.2, 0.25) is 0 Å². The van der Waals surface area contributed by atoms with Crippen LogP contribution in [0, 0.1) is 10.5 Å². The molecule has 1 N–H and O–H groups in total. The van der Waals surface area contributed by atoms with Crippen molar-refractivity contribution in [3.8, 4) is 11.5 Å². The maximum atomic E-state index is 13.1. The number of hydrogen-bond acceptors (Lipinski definition) is 6. The quantitative estimate of drug-likeness (QED) is 0.418. The second-order valence-corrected chi connectivity index (χ2v) is 10.7. The number of hydrogen-bond donors (Lipinski definition) is 1. The van der Waals surface area contributed by atoms with E-state index in [0.717, 1.165) is 27.5 Å². The number of rotatable bonds is 6. The number of benzene rings is 2. The van der Waals surface area contributed by atoms with E-state index in [2.05, 4.69) is 27.9 Å². The van der Waals surface area contributed by atoms with E-state index in [1.165, 1.54) is 7.11 Å². The summed E-state index contributed by atoms with van der Waals surface area (Å²) in [7, 11) is 1.53. The zero-order chi connectivity index (χ0) is 26.1. The fourth-order valence-electron chi connectivity index (χ4n) is 5.17. The van der Waals surface area contributed by atoms with E-state index in [1.807, 2.05) is 43.3 Å². The highest BCUT2D eigenvalue weighted by molar-refractivity contribution is 14.1. The number of carbonyl (C=O) groups is 3. The lowest BCUT2D eigenvalue weighted by atomic mass is 9.73. The maximum Gasteiger partial charge on any atom is 0.262 e. The lowest BCUT2D eigenvalue weighted by Gasteiger charge is -2.36. The van der Waals surface area contributed by atoms with Gasteiger partial charge in [0.15, 0.2) is 29.7 Å². The molecule has 1 amide bonds. The summed E-state index contributed by atoms with van der Waals surface area (Å²) in [5, 5.41) is 2.82.